The van der Waals surface area contributed by atoms with Gasteiger partial charge in [-0.1, -0.05) is 0 Å². The highest BCUT2D eigenvalue weighted by Gasteiger charge is 2.09. The van der Waals surface area contributed by atoms with E-state index in [1.807, 2.05) is 6.92 Å². The average molecular weight is 206 g/mol. The van der Waals surface area contributed by atoms with Gasteiger partial charge in [0.1, 0.15) is 0 Å². The zero-order chi connectivity index (χ0) is 11.4. The summed E-state index contributed by atoms with van der Waals surface area (Å²) in [6.07, 6.45) is 0. The van der Waals surface area contributed by atoms with Crippen LogP contribution < -0.4 is 0 Å². The number of benzene rings is 1. The third-order valence-corrected chi connectivity index (χ3v) is 2.00. The maximum absolute atomic E-state index is 11.4. The maximum atomic E-state index is 11.4. The van der Waals surface area contributed by atoms with Gasteiger partial charge >= 0.3 is 5.97 Å². The van der Waals surface area contributed by atoms with E-state index < -0.39 is 0 Å². The first kappa shape index (κ1) is 11.4. The van der Waals surface area contributed by atoms with Crippen LogP contribution in [0.1, 0.15) is 40.1 Å². The summed E-state index contributed by atoms with van der Waals surface area (Å²) in [5, 5.41) is 0. The van der Waals surface area contributed by atoms with E-state index in [1.54, 1.807) is 25.1 Å². The van der Waals surface area contributed by atoms with Crippen LogP contribution in [0, 0.1) is 6.92 Å². The van der Waals surface area contributed by atoms with Gasteiger partial charge in [0, 0.05) is 5.56 Å². The molecule has 0 radical (unpaired) electrons. The first-order valence-corrected chi connectivity index (χ1v) is 4.84. The molecule has 0 fully saturated rings. The Hall–Kier alpha value is -1.64. The molecule has 80 valence electrons. The van der Waals surface area contributed by atoms with Crippen molar-refractivity contribution in [3.63, 3.8) is 0 Å². The Balaban J connectivity index is 3.09. The molecule has 0 aliphatic heterocycles. The van der Waals surface area contributed by atoms with Crippen molar-refractivity contribution in [2.45, 2.75) is 20.8 Å². The molecule has 3 nitrogen and oxygen atoms in total. The molecule has 0 saturated heterocycles. The number of aryl methyl sites for hydroxylation is 1. The second-order valence-corrected chi connectivity index (χ2v) is 3.36. The summed E-state index contributed by atoms with van der Waals surface area (Å²) in [5.41, 5.74) is 1.85. The second-order valence-electron chi connectivity index (χ2n) is 3.36. The average Bonchev–Trinajstić information content (AvgIpc) is 2.17. The largest absolute Gasteiger partial charge is 0.462 e. The van der Waals surface area contributed by atoms with Crippen LogP contribution in [0.4, 0.5) is 0 Å². The topological polar surface area (TPSA) is 43.4 Å². The molecule has 1 aromatic carbocycles. The van der Waals surface area contributed by atoms with E-state index in [-0.39, 0.29) is 11.8 Å². The summed E-state index contributed by atoms with van der Waals surface area (Å²) in [4.78, 5) is 22.6. The van der Waals surface area contributed by atoms with Crippen molar-refractivity contribution in [3.05, 3.63) is 34.9 Å². The molecule has 0 N–H and O–H groups in total. The van der Waals surface area contributed by atoms with Gasteiger partial charge in [0.05, 0.1) is 12.2 Å². The van der Waals surface area contributed by atoms with E-state index >= 15 is 0 Å². The lowest BCUT2D eigenvalue weighted by atomic mass is 10.0. The quantitative estimate of drug-likeness (QED) is 0.563. The number of carbonyl (C=O) groups excluding carboxylic acids is 2. The monoisotopic (exact) mass is 206 g/mol. The van der Waals surface area contributed by atoms with Crippen LogP contribution in [-0.4, -0.2) is 18.4 Å². The SMILES string of the molecule is CCOC(=O)c1cc(C)cc(C(C)=O)c1. The molecule has 15 heavy (non-hydrogen) atoms. The fourth-order valence-corrected chi connectivity index (χ4v) is 1.32. The minimum absolute atomic E-state index is 0.0516. The van der Waals surface area contributed by atoms with E-state index in [2.05, 4.69) is 0 Å². The molecule has 0 aromatic heterocycles. The lowest BCUT2D eigenvalue weighted by Gasteiger charge is -2.05. The van der Waals surface area contributed by atoms with E-state index in [0.717, 1.165) is 5.56 Å². The van der Waals surface area contributed by atoms with Gasteiger partial charge in [-0.05, 0) is 44.5 Å². The maximum Gasteiger partial charge on any atom is 0.338 e. The van der Waals surface area contributed by atoms with Crippen molar-refractivity contribution in [1.82, 2.24) is 0 Å². The summed E-state index contributed by atoms with van der Waals surface area (Å²) in [7, 11) is 0. The fraction of sp³-hybridized carbons (Fsp3) is 0.333. The number of esters is 1. The highest BCUT2D eigenvalue weighted by molar-refractivity contribution is 5.98. The molecule has 3 heteroatoms. The summed E-state index contributed by atoms with van der Waals surface area (Å²) >= 11 is 0. The van der Waals surface area contributed by atoms with Gasteiger partial charge in [-0.2, -0.15) is 0 Å². The number of carbonyl (C=O) groups is 2. The zero-order valence-electron chi connectivity index (χ0n) is 9.16. The van der Waals surface area contributed by atoms with E-state index in [1.165, 1.54) is 6.92 Å². The molecule has 1 aromatic rings. The van der Waals surface area contributed by atoms with Crippen LogP contribution in [-0.2, 0) is 4.74 Å². The highest BCUT2D eigenvalue weighted by atomic mass is 16.5. The van der Waals surface area contributed by atoms with Crippen molar-refractivity contribution in [2.24, 2.45) is 0 Å². The van der Waals surface area contributed by atoms with Gasteiger partial charge in [0.25, 0.3) is 0 Å². The molecule has 0 amide bonds. The van der Waals surface area contributed by atoms with Crippen LogP contribution >= 0.6 is 0 Å². The third-order valence-electron chi connectivity index (χ3n) is 2.00. The van der Waals surface area contributed by atoms with Crippen LogP contribution in [0.15, 0.2) is 18.2 Å². The van der Waals surface area contributed by atoms with Crippen molar-refractivity contribution in [3.8, 4) is 0 Å². The Labute approximate surface area is 89.1 Å². The second kappa shape index (κ2) is 4.73. The molecule has 0 saturated carbocycles. The Kier molecular flexibility index (Phi) is 3.61. The molecule has 0 bridgehead atoms. The predicted molar refractivity (Wildman–Crippen MR) is 57.1 cm³/mol. The van der Waals surface area contributed by atoms with Crippen LogP contribution in [0.25, 0.3) is 0 Å². The molecular weight excluding hydrogens is 192 g/mol. The summed E-state index contributed by atoms with van der Waals surface area (Å²) in [5.74, 6) is -0.437. The summed E-state index contributed by atoms with van der Waals surface area (Å²) < 4.78 is 4.87. The number of ether oxygens (including phenoxy) is 1. The van der Waals surface area contributed by atoms with E-state index in [4.69, 9.17) is 4.74 Å². The van der Waals surface area contributed by atoms with Crippen molar-refractivity contribution in [2.75, 3.05) is 6.61 Å². The minimum atomic E-state index is -0.385. The molecule has 1 rings (SSSR count). The van der Waals surface area contributed by atoms with Gasteiger partial charge in [0.15, 0.2) is 5.78 Å². The molecular formula is C12H14O3. The Morgan fingerprint density at radius 1 is 1.20 bits per heavy atom. The number of hydrogen-bond donors (Lipinski definition) is 0. The van der Waals surface area contributed by atoms with Crippen LogP contribution in [0.3, 0.4) is 0 Å². The molecule has 0 spiro atoms. The molecule has 0 unspecified atom stereocenters. The fourth-order valence-electron chi connectivity index (χ4n) is 1.32. The normalized spacial score (nSPS) is 9.80. The van der Waals surface area contributed by atoms with Crippen LogP contribution in [0.2, 0.25) is 0 Å². The molecule has 0 atom stereocenters. The lowest BCUT2D eigenvalue weighted by molar-refractivity contribution is 0.0526. The summed E-state index contributed by atoms with van der Waals surface area (Å²) in [6.45, 7) is 5.40. The smallest absolute Gasteiger partial charge is 0.338 e. The Morgan fingerprint density at radius 2 is 1.80 bits per heavy atom. The van der Waals surface area contributed by atoms with E-state index in [0.29, 0.717) is 17.7 Å². The van der Waals surface area contributed by atoms with E-state index in [9.17, 15) is 9.59 Å². The van der Waals surface area contributed by atoms with Gasteiger partial charge < -0.3 is 4.74 Å². The van der Waals surface area contributed by atoms with Gasteiger partial charge in [-0.15, -0.1) is 0 Å². The van der Waals surface area contributed by atoms with Gasteiger partial charge in [-0.25, -0.2) is 4.79 Å². The lowest BCUT2D eigenvalue weighted by Crippen LogP contribution is -2.06. The zero-order valence-corrected chi connectivity index (χ0v) is 9.16. The summed E-state index contributed by atoms with van der Waals surface area (Å²) in [6, 6.07) is 5.03. The first-order valence-electron chi connectivity index (χ1n) is 4.84. The van der Waals surface area contributed by atoms with Crippen molar-refractivity contribution in [1.29, 1.82) is 0 Å². The number of Topliss-reactive ketones (excluding diaryl/α,β-unsaturated/α-hetero) is 1. The minimum Gasteiger partial charge on any atom is -0.462 e. The Morgan fingerprint density at radius 3 is 2.33 bits per heavy atom. The Bertz CT molecular complexity index is 394. The van der Waals surface area contributed by atoms with Crippen LogP contribution in [0.5, 0.6) is 0 Å². The molecule has 0 aliphatic rings. The number of rotatable bonds is 3. The predicted octanol–water partition coefficient (Wildman–Crippen LogP) is 2.37. The number of ketones is 1. The molecule has 0 aliphatic carbocycles. The number of hydrogen-bond acceptors (Lipinski definition) is 3. The van der Waals surface area contributed by atoms with Gasteiger partial charge in [-0.3, -0.25) is 4.79 Å². The highest BCUT2D eigenvalue weighted by Crippen LogP contribution is 2.11. The van der Waals surface area contributed by atoms with Crippen molar-refractivity contribution < 1.29 is 14.3 Å². The standard InChI is InChI=1S/C12H14O3/c1-4-15-12(14)11-6-8(2)5-10(7-11)9(3)13/h5-7H,4H2,1-3H3. The first-order chi connectivity index (χ1) is 7.04. The molecule has 0 heterocycles. The van der Waals surface area contributed by atoms with Crippen molar-refractivity contribution >= 4 is 11.8 Å². The van der Waals surface area contributed by atoms with Gasteiger partial charge in [0.2, 0.25) is 0 Å². The third kappa shape index (κ3) is 2.91.